The van der Waals surface area contributed by atoms with Gasteiger partial charge in [0.2, 0.25) is 0 Å². The van der Waals surface area contributed by atoms with Gasteiger partial charge in [-0.15, -0.1) is 22.7 Å². The zero-order valence-electron chi connectivity index (χ0n) is 16.7. The van der Waals surface area contributed by atoms with Crippen LogP contribution in [0.25, 0.3) is 31.0 Å². The fourth-order valence-electron chi connectivity index (χ4n) is 3.16. The van der Waals surface area contributed by atoms with Crippen molar-refractivity contribution >= 4 is 43.8 Å². The standard InChI is InChI=1S/C23H19N3O2S2/c1-13-4-5-14-10-15(6-7-16(14)25-13)28-18-8-9-24-17-11-19(30-21(17)18)22-26-20(12-29-22)23(2,3)27/h4-12,27H,1-3H3. The summed E-state index contributed by atoms with van der Waals surface area (Å²) in [7, 11) is 0. The molecule has 4 heterocycles. The number of pyridine rings is 2. The second-order valence-electron chi connectivity index (χ2n) is 7.64. The van der Waals surface area contributed by atoms with E-state index in [9.17, 15) is 5.11 Å². The zero-order valence-corrected chi connectivity index (χ0v) is 18.3. The van der Waals surface area contributed by atoms with Crippen LogP contribution in [0.4, 0.5) is 0 Å². The molecule has 0 spiro atoms. The van der Waals surface area contributed by atoms with Gasteiger partial charge in [-0.05, 0) is 51.1 Å². The molecule has 0 saturated heterocycles. The van der Waals surface area contributed by atoms with Gasteiger partial charge >= 0.3 is 0 Å². The molecule has 0 aliphatic carbocycles. The van der Waals surface area contributed by atoms with Crippen LogP contribution in [-0.2, 0) is 5.60 Å². The minimum atomic E-state index is -0.957. The molecular weight excluding hydrogens is 414 g/mol. The van der Waals surface area contributed by atoms with Crippen LogP contribution in [0.1, 0.15) is 25.2 Å². The van der Waals surface area contributed by atoms with Gasteiger partial charge in [0, 0.05) is 28.7 Å². The number of aliphatic hydroxyl groups is 1. The van der Waals surface area contributed by atoms with Gasteiger partial charge in [-0.3, -0.25) is 9.97 Å². The Hall–Kier alpha value is -2.87. The Kier molecular flexibility index (Phi) is 4.54. The highest BCUT2D eigenvalue weighted by atomic mass is 32.1. The number of thiophene rings is 1. The van der Waals surface area contributed by atoms with E-state index in [4.69, 9.17) is 4.74 Å². The highest BCUT2D eigenvalue weighted by Crippen LogP contribution is 2.41. The first-order valence-corrected chi connectivity index (χ1v) is 11.2. The number of aryl methyl sites for hydroxylation is 1. The average molecular weight is 434 g/mol. The molecule has 0 amide bonds. The highest BCUT2D eigenvalue weighted by molar-refractivity contribution is 7.25. The molecule has 5 rings (SSSR count). The predicted octanol–water partition coefficient (Wildman–Crippen LogP) is 6.30. The third-order valence-corrected chi connectivity index (χ3v) is 6.90. The maximum atomic E-state index is 10.2. The Balaban J connectivity index is 1.51. The zero-order chi connectivity index (χ0) is 20.9. The lowest BCUT2D eigenvalue weighted by Crippen LogP contribution is -2.15. The van der Waals surface area contributed by atoms with Crippen LogP contribution in [0.5, 0.6) is 11.5 Å². The number of rotatable bonds is 4. The normalized spacial score (nSPS) is 12.0. The van der Waals surface area contributed by atoms with Crippen molar-refractivity contribution in [2.24, 2.45) is 0 Å². The van der Waals surface area contributed by atoms with Crippen molar-refractivity contribution in [3.05, 3.63) is 65.4 Å². The van der Waals surface area contributed by atoms with Gasteiger partial charge in [-0.25, -0.2) is 4.98 Å². The lowest BCUT2D eigenvalue weighted by Gasteiger charge is -2.12. The van der Waals surface area contributed by atoms with Gasteiger partial charge in [-0.1, -0.05) is 6.07 Å². The lowest BCUT2D eigenvalue weighted by molar-refractivity contribution is 0.0746. The Labute approximate surface area is 181 Å². The number of thiazole rings is 1. The molecule has 1 N–H and O–H groups in total. The second-order valence-corrected chi connectivity index (χ2v) is 9.55. The average Bonchev–Trinajstić information content (AvgIpc) is 3.35. The molecule has 0 unspecified atom stereocenters. The molecule has 4 aromatic heterocycles. The van der Waals surface area contributed by atoms with E-state index in [1.54, 1.807) is 31.4 Å². The first kappa shape index (κ1) is 19.1. The van der Waals surface area contributed by atoms with E-state index >= 15 is 0 Å². The van der Waals surface area contributed by atoms with E-state index in [1.807, 2.05) is 48.7 Å². The molecule has 0 bridgehead atoms. The second kappa shape index (κ2) is 7.12. The predicted molar refractivity (Wildman–Crippen MR) is 123 cm³/mol. The summed E-state index contributed by atoms with van der Waals surface area (Å²) < 4.78 is 7.19. The summed E-state index contributed by atoms with van der Waals surface area (Å²) in [4.78, 5) is 14.6. The molecule has 0 radical (unpaired) electrons. The summed E-state index contributed by atoms with van der Waals surface area (Å²) >= 11 is 3.11. The van der Waals surface area contributed by atoms with Crippen LogP contribution in [-0.4, -0.2) is 20.1 Å². The van der Waals surface area contributed by atoms with Crippen molar-refractivity contribution in [2.45, 2.75) is 26.4 Å². The summed E-state index contributed by atoms with van der Waals surface area (Å²) in [6.45, 7) is 5.47. The van der Waals surface area contributed by atoms with E-state index in [0.29, 0.717) is 5.69 Å². The number of ether oxygens (including phenoxy) is 1. The van der Waals surface area contributed by atoms with Crippen LogP contribution in [0.2, 0.25) is 0 Å². The van der Waals surface area contributed by atoms with E-state index < -0.39 is 5.60 Å². The molecule has 5 nitrogen and oxygen atoms in total. The van der Waals surface area contributed by atoms with Crippen molar-refractivity contribution in [2.75, 3.05) is 0 Å². The van der Waals surface area contributed by atoms with Crippen molar-refractivity contribution in [3.63, 3.8) is 0 Å². The van der Waals surface area contributed by atoms with Gasteiger partial charge in [0.05, 0.1) is 26.3 Å². The monoisotopic (exact) mass is 433 g/mol. The molecule has 0 atom stereocenters. The van der Waals surface area contributed by atoms with E-state index in [1.165, 1.54) is 11.3 Å². The van der Waals surface area contributed by atoms with Crippen molar-refractivity contribution in [3.8, 4) is 21.4 Å². The maximum Gasteiger partial charge on any atom is 0.148 e. The minimum Gasteiger partial charge on any atom is -0.456 e. The molecular formula is C23H19N3O2S2. The van der Waals surface area contributed by atoms with Gasteiger partial charge in [0.25, 0.3) is 0 Å². The first-order chi connectivity index (χ1) is 14.4. The molecule has 150 valence electrons. The van der Waals surface area contributed by atoms with Gasteiger partial charge in [0.1, 0.15) is 22.1 Å². The van der Waals surface area contributed by atoms with E-state index in [2.05, 4.69) is 21.0 Å². The fourth-order valence-corrected chi connectivity index (χ4v) is 5.27. The number of hydrogen-bond donors (Lipinski definition) is 1. The third kappa shape index (κ3) is 3.56. The third-order valence-electron chi connectivity index (χ3n) is 4.75. The quantitative estimate of drug-likeness (QED) is 0.360. The summed E-state index contributed by atoms with van der Waals surface area (Å²) in [5.41, 5.74) is 2.52. The first-order valence-electron chi connectivity index (χ1n) is 9.49. The molecule has 5 aromatic rings. The summed E-state index contributed by atoms with van der Waals surface area (Å²) in [5, 5.41) is 14.0. The topological polar surface area (TPSA) is 68.1 Å². The van der Waals surface area contributed by atoms with Crippen molar-refractivity contribution < 1.29 is 9.84 Å². The van der Waals surface area contributed by atoms with Gasteiger partial charge in [-0.2, -0.15) is 0 Å². The molecule has 30 heavy (non-hydrogen) atoms. The number of aromatic nitrogens is 3. The fraction of sp³-hybridized carbons (Fsp3) is 0.174. The van der Waals surface area contributed by atoms with Gasteiger partial charge in [0.15, 0.2) is 0 Å². The Bertz CT molecular complexity index is 1380. The summed E-state index contributed by atoms with van der Waals surface area (Å²) in [6, 6.07) is 13.9. The Morgan fingerprint density at radius 3 is 2.67 bits per heavy atom. The number of benzene rings is 1. The highest BCUT2D eigenvalue weighted by Gasteiger charge is 2.21. The van der Waals surface area contributed by atoms with Crippen LogP contribution in [0.3, 0.4) is 0 Å². The van der Waals surface area contributed by atoms with Crippen molar-refractivity contribution in [1.82, 2.24) is 15.0 Å². The van der Waals surface area contributed by atoms with E-state index in [0.717, 1.165) is 48.2 Å². The molecule has 1 aromatic carbocycles. The van der Waals surface area contributed by atoms with Gasteiger partial charge < -0.3 is 9.84 Å². The number of hydrogen-bond acceptors (Lipinski definition) is 7. The summed E-state index contributed by atoms with van der Waals surface area (Å²) in [6.07, 6.45) is 1.75. The minimum absolute atomic E-state index is 0.671. The molecule has 0 aliphatic rings. The largest absolute Gasteiger partial charge is 0.456 e. The summed E-state index contributed by atoms with van der Waals surface area (Å²) in [5.74, 6) is 1.52. The number of nitrogens with zero attached hydrogens (tertiary/aromatic N) is 3. The van der Waals surface area contributed by atoms with Crippen molar-refractivity contribution in [1.29, 1.82) is 0 Å². The molecule has 7 heteroatoms. The molecule has 0 saturated carbocycles. The SMILES string of the molecule is Cc1ccc2cc(Oc3ccnc4cc(-c5nc(C(C)(C)O)cs5)sc34)ccc2n1. The van der Waals surface area contributed by atoms with Crippen LogP contribution < -0.4 is 4.74 Å². The smallest absolute Gasteiger partial charge is 0.148 e. The molecule has 0 aliphatic heterocycles. The molecule has 0 fully saturated rings. The Morgan fingerprint density at radius 2 is 1.87 bits per heavy atom. The van der Waals surface area contributed by atoms with Crippen LogP contribution >= 0.6 is 22.7 Å². The lowest BCUT2D eigenvalue weighted by atomic mass is 10.1. The number of fused-ring (bicyclic) bond motifs is 2. The maximum absolute atomic E-state index is 10.2. The van der Waals surface area contributed by atoms with Crippen LogP contribution in [0.15, 0.2) is 54.0 Å². The van der Waals surface area contributed by atoms with Crippen LogP contribution in [0, 0.1) is 6.92 Å². The van der Waals surface area contributed by atoms with E-state index in [-0.39, 0.29) is 0 Å². The Morgan fingerprint density at radius 1 is 1.00 bits per heavy atom.